The number of nitrogens with two attached hydrogens (primary N) is 2. The Morgan fingerprint density at radius 1 is 1.40 bits per heavy atom. The molecule has 0 aliphatic carbocycles. The van der Waals surface area contributed by atoms with Crippen LogP contribution < -0.4 is 16.8 Å². The van der Waals surface area contributed by atoms with Crippen LogP contribution in [0.3, 0.4) is 0 Å². The predicted octanol–water partition coefficient (Wildman–Crippen LogP) is 0.0584. The molecule has 0 bridgehead atoms. The lowest BCUT2D eigenvalue weighted by Gasteiger charge is -2.14. The van der Waals surface area contributed by atoms with Crippen LogP contribution >= 0.6 is 11.3 Å². The molecule has 0 saturated carbocycles. The highest BCUT2D eigenvalue weighted by Crippen LogP contribution is 2.11. The summed E-state index contributed by atoms with van der Waals surface area (Å²) in [5.41, 5.74) is 10.7. The Morgan fingerprint density at radius 3 is 2.60 bits per heavy atom. The summed E-state index contributed by atoms with van der Waals surface area (Å²) in [7, 11) is 0. The Hall–Kier alpha value is -1.80. The molecule has 0 aliphatic heterocycles. The lowest BCUT2D eigenvalue weighted by atomic mass is 10.1. The summed E-state index contributed by atoms with van der Waals surface area (Å²) in [6.07, 6.45) is 1.88. The van der Waals surface area contributed by atoms with Crippen LogP contribution in [0.2, 0.25) is 0 Å². The molecule has 0 aliphatic rings. The van der Waals surface area contributed by atoms with Crippen molar-refractivity contribution in [2.75, 3.05) is 6.54 Å². The molecule has 0 saturated heterocycles. The first-order chi connectivity index (χ1) is 9.45. The van der Waals surface area contributed by atoms with E-state index in [1.54, 1.807) is 0 Å². The van der Waals surface area contributed by atoms with Crippen molar-refractivity contribution in [2.45, 2.75) is 32.2 Å². The fraction of sp³-hybridized carbons (Fsp3) is 0.500. The minimum Gasteiger partial charge on any atom is -0.368 e. The normalized spacial score (nSPS) is 11.9. The monoisotopic (exact) mass is 298 g/mol. The number of aromatic nitrogens is 1. The third-order valence-electron chi connectivity index (χ3n) is 2.63. The summed E-state index contributed by atoms with van der Waals surface area (Å²) < 4.78 is 0. The zero-order chi connectivity index (χ0) is 15.1. The number of hydrogen-bond donors (Lipinski definition) is 3. The van der Waals surface area contributed by atoms with Crippen molar-refractivity contribution in [1.82, 2.24) is 10.3 Å². The maximum absolute atomic E-state index is 11.9. The van der Waals surface area contributed by atoms with Gasteiger partial charge in [0.1, 0.15) is 11.7 Å². The van der Waals surface area contributed by atoms with E-state index >= 15 is 0 Å². The van der Waals surface area contributed by atoms with Crippen molar-refractivity contribution >= 4 is 28.9 Å². The van der Waals surface area contributed by atoms with Crippen molar-refractivity contribution < 1.29 is 14.4 Å². The van der Waals surface area contributed by atoms with Crippen LogP contribution in [-0.4, -0.2) is 35.2 Å². The Bertz CT molecular complexity index is 501. The van der Waals surface area contributed by atoms with Crippen LogP contribution in [0.1, 0.15) is 46.5 Å². The fourth-order valence-corrected chi connectivity index (χ4v) is 2.25. The molecule has 0 fully saturated rings. The number of thiazole rings is 1. The van der Waals surface area contributed by atoms with E-state index in [2.05, 4.69) is 10.3 Å². The van der Waals surface area contributed by atoms with E-state index in [-0.39, 0.29) is 16.5 Å². The average molecular weight is 298 g/mol. The molecule has 8 heteroatoms. The van der Waals surface area contributed by atoms with Crippen molar-refractivity contribution in [3.05, 3.63) is 16.1 Å². The zero-order valence-electron chi connectivity index (χ0n) is 11.2. The lowest BCUT2D eigenvalue weighted by molar-refractivity contribution is -0.120. The molecule has 1 rings (SSSR count). The molecule has 1 aromatic rings. The molecule has 7 nitrogen and oxygen atoms in total. The number of ketones is 1. The van der Waals surface area contributed by atoms with Gasteiger partial charge in [-0.05, 0) is 25.8 Å². The molecule has 2 amide bonds. The number of nitrogens with one attached hydrogen (secondary N) is 1. The van der Waals surface area contributed by atoms with Crippen LogP contribution in [0.25, 0.3) is 0 Å². The van der Waals surface area contributed by atoms with E-state index in [9.17, 15) is 14.4 Å². The summed E-state index contributed by atoms with van der Waals surface area (Å²) in [6.45, 7) is 1.90. The van der Waals surface area contributed by atoms with Crippen LogP contribution in [0.5, 0.6) is 0 Å². The van der Waals surface area contributed by atoms with E-state index < -0.39 is 17.9 Å². The van der Waals surface area contributed by atoms with Gasteiger partial charge in [0.05, 0.1) is 0 Å². The highest BCUT2D eigenvalue weighted by atomic mass is 32.1. The molecule has 0 radical (unpaired) electrons. The smallest absolute Gasteiger partial charge is 0.271 e. The fourth-order valence-electron chi connectivity index (χ4n) is 1.55. The molecular weight excluding hydrogens is 280 g/mol. The van der Waals surface area contributed by atoms with E-state index in [1.165, 1.54) is 12.3 Å². The highest BCUT2D eigenvalue weighted by molar-refractivity contribution is 7.11. The van der Waals surface area contributed by atoms with Gasteiger partial charge in [0.25, 0.3) is 5.91 Å². The first-order valence-electron chi connectivity index (χ1n) is 6.22. The van der Waals surface area contributed by atoms with Crippen molar-refractivity contribution in [2.24, 2.45) is 11.5 Å². The first kappa shape index (κ1) is 16.3. The van der Waals surface area contributed by atoms with Gasteiger partial charge < -0.3 is 16.8 Å². The number of unbranched alkanes of at least 4 members (excludes halogenated alkanes) is 1. The Kier molecular flexibility index (Phi) is 6.26. The SMILES string of the molecule is CC(=O)c1nc(C(=O)N[C@@H](CCCCN)C(N)=O)cs1. The number of rotatable bonds is 8. The van der Waals surface area contributed by atoms with Gasteiger partial charge in [-0.1, -0.05) is 0 Å². The zero-order valence-corrected chi connectivity index (χ0v) is 12.0. The second kappa shape index (κ2) is 7.71. The highest BCUT2D eigenvalue weighted by Gasteiger charge is 2.20. The van der Waals surface area contributed by atoms with E-state index in [0.717, 1.165) is 17.8 Å². The Morgan fingerprint density at radius 2 is 2.10 bits per heavy atom. The minimum absolute atomic E-state index is 0.116. The third-order valence-corrected chi connectivity index (χ3v) is 3.58. The first-order valence-corrected chi connectivity index (χ1v) is 7.10. The summed E-state index contributed by atoms with van der Waals surface area (Å²) in [4.78, 5) is 38.2. The molecule has 5 N–H and O–H groups in total. The maximum Gasteiger partial charge on any atom is 0.271 e. The summed E-state index contributed by atoms with van der Waals surface area (Å²) in [5.74, 6) is -1.31. The molecule has 110 valence electrons. The van der Waals surface area contributed by atoms with Gasteiger partial charge in [-0.3, -0.25) is 14.4 Å². The molecule has 20 heavy (non-hydrogen) atoms. The van der Waals surface area contributed by atoms with Gasteiger partial charge >= 0.3 is 0 Å². The molecule has 1 heterocycles. The van der Waals surface area contributed by atoms with Gasteiger partial charge in [0.2, 0.25) is 5.91 Å². The van der Waals surface area contributed by atoms with Crippen LogP contribution in [0.15, 0.2) is 5.38 Å². The number of carbonyl (C=O) groups excluding carboxylic acids is 3. The summed E-state index contributed by atoms with van der Waals surface area (Å²) in [6, 6.07) is -0.753. The van der Waals surface area contributed by atoms with Crippen LogP contribution in [0, 0.1) is 0 Å². The van der Waals surface area contributed by atoms with Crippen LogP contribution in [-0.2, 0) is 4.79 Å². The van der Waals surface area contributed by atoms with Gasteiger partial charge in [-0.15, -0.1) is 11.3 Å². The van der Waals surface area contributed by atoms with E-state index in [1.807, 2.05) is 0 Å². The molecule has 1 aromatic heterocycles. The van der Waals surface area contributed by atoms with Gasteiger partial charge in [-0.25, -0.2) is 4.98 Å². The predicted molar refractivity (Wildman–Crippen MR) is 75.5 cm³/mol. The standard InChI is InChI=1S/C12H18N4O3S/c1-7(17)12-16-9(6-20-12)11(19)15-8(10(14)18)4-2-3-5-13/h6,8H,2-5,13H2,1H3,(H2,14,18)(H,15,19)/t8-/m0/s1. The number of amides is 2. The number of primary amides is 1. The Balaban J connectivity index is 2.64. The topological polar surface area (TPSA) is 128 Å². The molecule has 0 aromatic carbocycles. The van der Waals surface area contributed by atoms with E-state index in [0.29, 0.717) is 19.4 Å². The minimum atomic E-state index is -0.753. The third kappa shape index (κ3) is 4.71. The quantitative estimate of drug-likeness (QED) is 0.461. The van der Waals surface area contributed by atoms with Crippen molar-refractivity contribution in [3.8, 4) is 0 Å². The average Bonchev–Trinajstić information content (AvgIpc) is 2.87. The molecular formula is C12H18N4O3S. The maximum atomic E-state index is 11.9. The van der Waals surface area contributed by atoms with E-state index in [4.69, 9.17) is 11.5 Å². The molecule has 0 unspecified atom stereocenters. The summed E-state index contributed by atoms with van der Waals surface area (Å²) in [5, 5.41) is 4.26. The summed E-state index contributed by atoms with van der Waals surface area (Å²) >= 11 is 1.09. The van der Waals surface area contributed by atoms with Gasteiger partial charge in [0, 0.05) is 12.3 Å². The number of hydrogen-bond acceptors (Lipinski definition) is 6. The van der Waals surface area contributed by atoms with Gasteiger partial charge in [-0.2, -0.15) is 0 Å². The van der Waals surface area contributed by atoms with Gasteiger partial charge in [0.15, 0.2) is 10.8 Å². The number of carbonyl (C=O) groups is 3. The second-order valence-corrected chi connectivity index (χ2v) is 5.17. The lowest BCUT2D eigenvalue weighted by Crippen LogP contribution is -2.44. The number of nitrogens with zero attached hydrogens (tertiary/aromatic N) is 1. The molecule has 1 atom stereocenters. The second-order valence-electron chi connectivity index (χ2n) is 4.31. The van der Waals surface area contributed by atoms with Crippen LogP contribution in [0.4, 0.5) is 0 Å². The van der Waals surface area contributed by atoms with Crippen molar-refractivity contribution in [3.63, 3.8) is 0 Å². The van der Waals surface area contributed by atoms with Crippen molar-refractivity contribution in [1.29, 1.82) is 0 Å². The number of Topliss-reactive ketones (excluding diaryl/α,β-unsaturated/α-hetero) is 1. The Labute approximate surface area is 120 Å². The molecule has 0 spiro atoms. The largest absolute Gasteiger partial charge is 0.368 e.